The Bertz CT molecular complexity index is 618. The molecule has 0 amide bonds. The van der Waals surface area contributed by atoms with Gasteiger partial charge in [-0.05, 0) is 30.3 Å². The molecule has 96 valence electrons. The van der Waals surface area contributed by atoms with Crippen molar-refractivity contribution in [1.82, 2.24) is 0 Å². The molecule has 2 rings (SSSR count). The van der Waals surface area contributed by atoms with E-state index in [0.29, 0.717) is 17.1 Å². The molecule has 0 aliphatic rings. The molecular weight excluding hydrogens is 240 g/mol. The van der Waals surface area contributed by atoms with Gasteiger partial charge in [-0.3, -0.25) is 0 Å². The number of methoxy groups -OCH3 is 2. The lowest BCUT2D eigenvalue weighted by Crippen LogP contribution is -1.94. The quantitative estimate of drug-likeness (QED) is 0.909. The Morgan fingerprint density at radius 2 is 1.68 bits per heavy atom. The number of hydrogen-bond donors (Lipinski definition) is 1. The Morgan fingerprint density at radius 3 is 2.37 bits per heavy atom. The summed E-state index contributed by atoms with van der Waals surface area (Å²) >= 11 is 0. The van der Waals surface area contributed by atoms with Gasteiger partial charge in [-0.15, -0.1) is 0 Å². The molecule has 0 bridgehead atoms. The summed E-state index contributed by atoms with van der Waals surface area (Å²) in [7, 11) is 3.19. The second-order valence-corrected chi connectivity index (χ2v) is 3.89. The maximum absolute atomic E-state index is 8.86. The van der Waals surface area contributed by atoms with Gasteiger partial charge in [-0.2, -0.15) is 5.26 Å². The fourth-order valence-corrected chi connectivity index (χ4v) is 1.75. The highest BCUT2D eigenvalue weighted by Crippen LogP contribution is 2.31. The third-order valence-corrected chi connectivity index (χ3v) is 2.66. The second-order valence-electron chi connectivity index (χ2n) is 3.89. The summed E-state index contributed by atoms with van der Waals surface area (Å²) in [4.78, 5) is 0. The molecule has 0 radical (unpaired) electrons. The van der Waals surface area contributed by atoms with Crippen molar-refractivity contribution in [3.05, 3.63) is 48.0 Å². The van der Waals surface area contributed by atoms with Gasteiger partial charge in [0, 0.05) is 17.4 Å². The standard InChI is InChI=1S/C15H14N2O2/c1-18-14-7-6-13(9-15(14)19-2)17-12-5-3-4-11(8-12)10-16/h3-9,17H,1-2H3. The average Bonchev–Trinajstić information content (AvgIpc) is 2.47. The molecule has 1 N–H and O–H groups in total. The smallest absolute Gasteiger partial charge is 0.162 e. The van der Waals surface area contributed by atoms with Gasteiger partial charge in [0.15, 0.2) is 11.5 Å². The average molecular weight is 254 g/mol. The van der Waals surface area contributed by atoms with Crippen molar-refractivity contribution < 1.29 is 9.47 Å². The minimum Gasteiger partial charge on any atom is -0.493 e. The first-order chi connectivity index (χ1) is 9.26. The van der Waals surface area contributed by atoms with Crippen molar-refractivity contribution in [3.8, 4) is 17.6 Å². The van der Waals surface area contributed by atoms with E-state index in [4.69, 9.17) is 14.7 Å². The normalized spacial score (nSPS) is 9.53. The monoisotopic (exact) mass is 254 g/mol. The van der Waals surface area contributed by atoms with Crippen LogP contribution in [0.4, 0.5) is 11.4 Å². The molecule has 0 aliphatic carbocycles. The first-order valence-corrected chi connectivity index (χ1v) is 5.76. The summed E-state index contributed by atoms with van der Waals surface area (Å²) in [6.45, 7) is 0. The van der Waals surface area contributed by atoms with Crippen LogP contribution in [0.5, 0.6) is 11.5 Å². The number of anilines is 2. The summed E-state index contributed by atoms with van der Waals surface area (Å²) < 4.78 is 10.4. The van der Waals surface area contributed by atoms with E-state index in [2.05, 4.69) is 11.4 Å². The van der Waals surface area contributed by atoms with E-state index in [1.54, 1.807) is 26.4 Å². The fraction of sp³-hybridized carbons (Fsp3) is 0.133. The van der Waals surface area contributed by atoms with Crippen molar-refractivity contribution in [3.63, 3.8) is 0 Å². The molecule has 0 aromatic heterocycles. The molecule has 4 nitrogen and oxygen atoms in total. The van der Waals surface area contributed by atoms with Crippen LogP contribution in [0, 0.1) is 11.3 Å². The third kappa shape index (κ3) is 2.96. The zero-order valence-electron chi connectivity index (χ0n) is 10.8. The molecule has 4 heteroatoms. The second kappa shape index (κ2) is 5.78. The van der Waals surface area contributed by atoms with Crippen LogP contribution in [0.3, 0.4) is 0 Å². The number of rotatable bonds is 4. The lowest BCUT2D eigenvalue weighted by atomic mass is 10.2. The molecule has 2 aromatic rings. The van der Waals surface area contributed by atoms with Crippen molar-refractivity contribution in [2.75, 3.05) is 19.5 Å². The van der Waals surface area contributed by atoms with Crippen molar-refractivity contribution >= 4 is 11.4 Å². The SMILES string of the molecule is COc1ccc(Nc2cccc(C#N)c2)cc1OC. The molecule has 0 fully saturated rings. The number of benzene rings is 2. The van der Waals surface area contributed by atoms with E-state index in [9.17, 15) is 0 Å². The molecule has 0 aliphatic heterocycles. The van der Waals surface area contributed by atoms with Gasteiger partial charge in [0.05, 0.1) is 25.9 Å². The van der Waals surface area contributed by atoms with Crippen LogP contribution in [-0.4, -0.2) is 14.2 Å². The van der Waals surface area contributed by atoms with Crippen molar-refractivity contribution in [2.24, 2.45) is 0 Å². The zero-order chi connectivity index (χ0) is 13.7. The van der Waals surface area contributed by atoms with Crippen LogP contribution >= 0.6 is 0 Å². The highest BCUT2D eigenvalue weighted by molar-refractivity contribution is 5.64. The Kier molecular flexibility index (Phi) is 3.89. The summed E-state index contributed by atoms with van der Waals surface area (Å²) in [6, 6.07) is 15.0. The molecule has 19 heavy (non-hydrogen) atoms. The number of ether oxygens (including phenoxy) is 2. The predicted molar refractivity (Wildman–Crippen MR) is 74.0 cm³/mol. The molecule has 0 spiro atoms. The van der Waals surface area contributed by atoms with E-state index >= 15 is 0 Å². The molecular formula is C15H14N2O2. The fourth-order valence-electron chi connectivity index (χ4n) is 1.75. The Balaban J connectivity index is 2.26. The minimum absolute atomic E-state index is 0.616. The van der Waals surface area contributed by atoms with E-state index in [0.717, 1.165) is 11.4 Å². The van der Waals surface area contributed by atoms with E-state index < -0.39 is 0 Å². The Morgan fingerprint density at radius 1 is 0.947 bits per heavy atom. The lowest BCUT2D eigenvalue weighted by Gasteiger charge is -2.11. The van der Waals surface area contributed by atoms with Crippen LogP contribution in [-0.2, 0) is 0 Å². The van der Waals surface area contributed by atoms with Gasteiger partial charge in [0.2, 0.25) is 0 Å². The van der Waals surface area contributed by atoms with Crippen molar-refractivity contribution in [1.29, 1.82) is 5.26 Å². The number of nitrogens with one attached hydrogen (secondary N) is 1. The van der Waals surface area contributed by atoms with Gasteiger partial charge < -0.3 is 14.8 Å². The third-order valence-electron chi connectivity index (χ3n) is 2.66. The molecule has 0 saturated carbocycles. The van der Waals surface area contributed by atoms with Crippen LogP contribution in [0.1, 0.15) is 5.56 Å². The summed E-state index contributed by atoms with van der Waals surface area (Å²) in [5, 5.41) is 12.1. The molecule has 2 aromatic carbocycles. The zero-order valence-corrected chi connectivity index (χ0v) is 10.8. The first-order valence-electron chi connectivity index (χ1n) is 5.76. The summed E-state index contributed by atoms with van der Waals surface area (Å²) in [5.74, 6) is 1.34. The lowest BCUT2D eigenvalue weighted by molar-refractivity contribution is 0.355. The Hall–Kier alpha value is -2.67. The minimum atomic E-state index is 0.616. The first kappa shape index (κ1) is 12.8. The van der Waals surface area contributed by atoms with E-state index in [1.807, 2.05) is 30.3 Å². The summed E-state index contributed by atoms with van der Waals surface area (Å²) in [5.41, 5.74) is 2.34. The predicted octanol–water partition coefficient (Wildman–Crippen LogP) is 3.32. The molecule has 0 heterocycles. The van der Waals surface area contributed by atoms with Crippen molar-refractivity contribution in [2.45, 2.75) is 0 Å². The number of hydrogen-bond acceptors (Lipinski definition) is 4. The number of nitriles is 1. The van der Waals surface area contributed by atoms with Gasteiger partial charge in [-0.25, -0.2) is 0 Å². The van der Waals surface area contributed by atoms with Gasteiger partial charge in [0.25, 0.3) is 0 Å². The van der Waals surface area contributed by atoms with Gasteiger partial charge >= 0.3 is 0 Å². The summed E-state index contributed by atoms with van der Waals surface area (Å²) in [6.07, 6.45) is 0. The van der Waals surface area contributed by atoms with Crippen LogP contribution in [0.2, 0.25) is 0 Å². The number of nitrogens with zero attached hydrogens (tertiary/aromatic N) is 1. The largest absolute Gasteiger partial charge is 0.493 e. The van der Waals surface area contributed by atoms with Crippen LogP contribution in [0.15, 0.2) is 42.5 Å². The van der Waals surface area contributed by atoms with Crippen LogP contribution in [0.25, 0.3) is 0 Å². The molecule has 0 atom stereocenters. The maximum Gasteiger partial charge on any atom is 0.162 e. The van der Waals surface area contributed by atoms with Gasteiger partial charge in [-0.1, -0.05) is 6.07 Å². The van der Waals surface area contributed by atoms with E-state index in [1.165, 1.54) is 0 Å². The topological polar surface area (TPSA) is 54.3 Å². The molecule has 0 unspecified atom stereocenters. The Labute approximate surface area is 112 Å². The highest BCUT2D eigenvalue weighted by atomic mass is 16.5. The molecule has 0 saturated heterocycles. The maximum atomic E-state index is 8.86. The van der Waals surface area contributed by atoms with Crippen LogP contribution < -0.4 is 14.8 Å². The van der Waals surface area contributed by atoms with E-state index in [-0.39, 0.29) is 0 Å². The highest BCUT2D eigenvalue weighted by Gasteiger charge is 2.04. The van der Waals surface area contributed by atoms with Gasteiger partial charge in [0.1, 0.15) is 0 Å².